The van der Waals surface area contributed by atoms with Crippen molar-refractivity contribution in [2.45, 2.75) is 25.5 Å². The number of ether oxygens (including phenoxy) is 1. The first kappa shape index (κ1) is 9.37. The standard InChI is InChI=1S/C13H17NO/c1-13(10-15-13)9-14-7-6-11-4-2-3-5-12(11)8-14/h2-5H,6-10H2,1H3. The zero-order chi connectivity index (χ0) is 10.3. The van der Waals surface area contributed by atoms with E-state index in [1.54, 1.807) is 0 Å². The average Bonchev–Trinajstić information content (AvgIpc) is 2.96. The SMILES string of the molecule is CC1(CN2CCc3ccccc3C2)CO1. The minimum absolute atomic E-state index is 0.159. The number of benzene rings is 1. The van der Waals surface area contributed by atoms with E-state index < -0.39 is 0 Å². The van der Waals surface area contributed by atoms with Crippen LogP contribution in [0.25, 0.3) is 0 Å². The van der Waals surface area contributed by atoms with Crippen molar-refractivity contribution in [2.75, 3.05) is 19.7 Å². The maximum atomic E-state index is 5.45. The molecular formula is C13H17NO. The van der Waals surface area contributed by atoms with E-state index in [0.717, 1.165) is 19.7 Å². The molecule has 2 heteroatoms. The smallest absolute Gasteiger partial charge is 0.101 e. The van der Waals surface area contributed by atoms with Crippen molar-refractivity contribution in [3.05, 3.63) is 35.4 Å². The molecule has 1 aromatic carbocycles. The fourth-order valence-corrected chi connectivity index (χ4v) is 2.38. The monoisotopic (exact) mass is 203 g/mol. The third-order valence-electron chi connectivity index (χ3n) is 3.40. The number of fused-ring (bicyclic) bond motifs is 1. The van der Waals surface area contributed by atoms with Gasteiger partial charge >= 0.3 is 0 Å². The van der Waals surface area contributed by atoms with Crippen molar-refractivity contribution >= 4 is 0 Å². The molecule has 2 nitrogen and oxygen atoms in total. The first-order chi connectivity index (χ1) is 7.25. The summed E-state index contributed by atoms with van der Waals surface area (Å²) in [4.78, 5) is 2.51. The highest BCUT2D eigenvalue weighted by Gasteiger charge is 2.41. The molecule has 2 aliphatic rings. The van der Waals surface area contributed by atoms with Crippen LogP contribution in [-0.4, -0.2) is 30.2 Å². The molecule has 1 atom stereocenters. The first-order valence-corrected chi connectivity index (χ1v) is 5.68. The third kappa shape index (κ3) is 1.92. The zero-order valence-electron chi connectivity index (χ0n) is 9.20. The average molecular weight is 203 g/mol. The molecule has 0 aliphatic carbocycles. The minimum atomic E-state index is 0.159. The summed E-state index contributed by atoms with van der Waals surface area (Å²) in [5.74, 6) is 0. The van der Waals surface area contributed by atoms with Gasteiger partial charge in [0.25, 0.3) is 0 Å². The van der Waals surface area contributed by atoms with Crippen LogP contribution in [0.15, 0.2) is 24.3 Å². The third-order valence-corrected chi connectivity index (χ3v) is 3.40. The van der Waals surface area contributed by atoms with Gasteiger partial charge in [0, 0.05) is 19.6 Å². The molecule has 2 aliphatic heterocycles. The topological polar surface area (TPSA) is 15.8 Å². The highest BCUT2D eigenvalue weighted by atomic mass is 16.6. The number of epoxide rings is 1. The second-order valence-corrected chi connectivity index (χ2v) is 4.97. The van der Waals surface area contributed by atoms with Crippen molar-refractivity contribution < 1.29 is 4.74 Å². The second-order valence-electron chi connectivity index (χ2n) is 4.97. The van der Waals surface area contributed by atoms with Gasteiger partial charge in [-0.2, -0.15) is 0 Å². The molecule has 2 heterocycles. The van der Waals surface area contributed by atoms with Crippen LogP contribution in [0.4, 0.5) is 0 Å². The van der Waals surface area contributed by atoms with E-state index in [-0.39, 0.29) is 5.60 Å². The van der Waals surface area contributed by atoms with Crippen LogP contribution in [0.1, 0.15) is 18.1 Å². The molecule has 1 saturated heterocycles. The van der Waals surface area contributed by atoms with E-state index in [4.69, 9.17) is 4.74 Å². The Bertz CT molecular complexity index is 371. The Morgan fingerprint density at radius 3 is 2.80 bits per heavy atom. The molecular weight excluding hydrogens is 186 g/mol. The Labute approximate surface area is 90.8 Å². The van der Waals surface area contributed by atoms with E-state index in [1.165, 1.54) is 24.1 Å². The molecule has 0 bridgehead atoms. The molecule has 0 saturated carbocycles. The zero-order valence-corrected chi connectivity index (χ0v) is 9.20. The van der Waals surface area contributed by atoms with Crippen LogP contribution < -0.4 is 0 Å². The van der Waals surface area contributed by atoms with Crippen LogP contribution in [-0.2, 0) is 17.7 Å². The Kier molecular flexibility index (Phi) is 2.08. The Morgan fingerprint density at radius 2 is 2.07 bits per heavy atom. The Morgan fingerprint density at radius 1 is 1.33 bits per heavy atom. The Hall–Kier alpha value is -0.860. The predicted octanol–water partition coefficient (Wildman–Crippen LogP) is 1.83. The summed E-state index contributed by atoms with van der Waals surface area (Å²) >= 11 is 0. The van der Waals surface area contributed by atoms with Crippen molar-refractivity contribution in [1.29, 1.82) is 0 Å². The summed E-state index contributed by atoms with van der Waals surface area (Å²) in [6.07, 6.45) is 1.19. The van der Waals surface area contributed by atoms with Crippen LogP contribution in [0, 0.1) is 0 Å². The van der Waals surface area contributed by atoms with Gasteiger partial charge in [0.15, 0.2) is 0 Å². The van der Waals surface area contributed by atoms with E-state index in [0.29, 0.717) is 0 Å². The summed E-state index contributed by atoms with van der Waals surface area (Å²) in [5.41, 5.74) is 3.18. The molecule has 0 N–H and O–H groups in total. The van der Waals surface area contributed by atoms with Gasteiger partial charge in [-0.1, -0.05) is 24.3 Å². The fourth-order valence-electron chi connectivity index (χ4n) is 2.38. The number of hydrogen-bond donors (Lipinski definition) is 0. The van der Waals surface area contributed by atoms with Crippen LogP contribution in [0.5, 0.6) is 0 Å². The van der Waals surface area contributed by atoms with Gasteiger partial charge in [-0.3, -0.25) is 4.90 Å². The molecule has 80 valence electrons. The summed E-state index contributed by atoms with van der Waals surface area (Å²) in [7, 11) is 0. The quantitative estimate of drug-likeness (QED) is 0.682. The van der Waals surface area contributed by atoms with Gasteiger partial charge in [-0.15, -0.1) is 0 Å². The highest BCUT2D eigenvalue weighted by Crippen LogP contribution is 2.29. The molecule has 15 heavy (non-hydrogen) atoms. The largest absolute Gasteiger partial charge is 0.369 e. The fraction of sp³-hybridized carbons (Fsp3) is 0.538. The van der Waals surface area contributed by atoms with Crippen molar-refractivity contribution in [2.24, 2.45) is 0 Å². The molecule has 3 rings (SSSR count). The van der Waals surface area contributed by atoms with Crippen LogP contribution >= 0.6 is 0 Å². The van der Waals surface area contributed by atoms with E-state index in [1.807, 2.05) is 0 Å². The van der Waals surface area contributed by atoms with E-state index in [2.05, 4.69) is 36.1 Å². The van der Waals surface area contributed by atoms with Gasteiger partial charge < -0.3 is 4.74 Å². The minimum Gasteiger partial charge on any atom is -0.369 e. The van der Waals surface area contributed by atoms with Crippen LogP contribution in [0.2, 0.25) is 0 Å². The molecule has 0 amide bonds. The van der Waals surface area contributed by atoms with Crippen molar-refractivity contribution in [1.82, 2.24) is 4.90 Å². The summed E-state index contributed by atoms with van der Waals surface area (Å²) in [5, 5.41) is 0. The van der Waals surface area contributed by atoms with Crippen molar-refractivity contribution in [3.8, 4) is 0 Å². The molecule has 0 radical (unpaired) electrons. The maximum Gasteiger partial charge on any atom is 0.101 e. The second kappa shape index (κ2) is 3.32. The van der Waals surface area contributed by atoms with Gasteiger partial charge in [0.05, 0.1) is 6.61 Å². The molecule has 1 fully saturated rings. The normalized spacial score (nSPS) is 29.9. The molecule has 0 spiro atoms. The summed E-state index contributed by atoms with van der Waals surface area (Å²) < 4.78 is 5.45. The lowest BCUT2D eigenvalue weighted by molar-refractivity contribution is 0.183. The van der Waals surface area contributed by atoms with E-state index >= 15 is 0 Å². The van der Waals surface area contributed by atoms with Gasteiger partial charge in [0.2, 0.25) is 0 Å². The number of hydrogen-bond acceptors (Lipinski definition) is 2. The van der Waals surface area contributed by atoms with E-state index in [9.17, 15) is 0 Å². The first-order valence-electron chi connectivity index (χ1n) is 5.68. The number of nitrogens with zero attached hydrogens (tertiary/aromatic N) is 1. The van der Waals surface area contributed by atoms with Gasteiger partial charge in [-0.25, -0.2) is 0 Å². The van der Waals surface area contributed by atoms with Gasteiger partial charge in [-0.05, 0) is 24.5 Å². The molecule has 1 aromatic rings. The Balaban J connectivity index is 1.72. The maximum absolute atomic E-state index is 5.45. The molecule has 1 unspecified atom stereocenters. The summed E-state index contributed by atoms with van der Waals surface area (Å²) in [6, 6.07) is 8.77. The molecule has 0 aromatic heterocycles. The predicted molar refractivity (Wildman–Crippen MR) is 59.8 cm³/mol. The van der Waals surface area contributed by atoms with Crippen LogP contribution in [0.3, 0.4) is 0 Å². The van der Waals surface area contributed by atoms with Crippen molar-refractivity contribution in [3.63, 3.8) is 0 Å². The van der Waals surface area contributed by atoms with Gasteiger partial charge in [0.1, 0.15) is 5.60 Å². The lowest BCUT2D eigenvalue weighted by atomic mass is 9.99. The summed E-state index contributed by atoms with van der Waals surface area (Å²) in [6.45, 7) is 6.49. The lowest BCUT2D eigenvalue weighted by Gasteiger charge is -2.29. The lowest BCUT2D eigenvalue weighted by Crippen LogP contribution is -2.37. The number of rotatable bonds is 2. The highest BCUT2D eigenvalue weighted by molar-refractivity contribution is 5.29.